The molecule has 1 heterocycles. The predicted molar refractivity (Wildman–Crippen MR) is 128 cm³/mol. The third kappa shape index (κ3) is 6.10. The fourth-order valence-corrected chi connectivity index (χ4v) is 4.38. The molecule has 0 unspecified atom stereocenters. The van der Waals surface area contributed by atoms with E-state index in [0.717, 1.165) is 5.56 Å². The highest BCUT2D eigenvalue weighted by Crippen LogP contribution is 2.30. The average molecular weight is 458 g/mol. The molecule has 3 rings (SSSR count). The van der Waals surface area contributed by atoms with Crippen LogP contribution in [-0.2, 0) is 22.4 Å². The molecule has 32 heavy (non-hydrogen) atoms. The first kappa shape index (κ1) is 24.3. The number of carbonyl (C=O) groups is 1. The van der Waals surface area contributed by atoms with Gasteiger partial charge in [-0.3, -0.25) is 0 Å². The SMILES string of the molecule is C[C@H]1CN(c2cccc(CO[Si](C)C(C)(C)C)c2F)CCN1C(=O)OCc1ccccc1. The van der Waals surface area contributed by atoms with E-state index >= 15 is 4.39 Å². The van der Waals surface area contributed by atoms with E-state index in [-0.39, 0.29) is 36.2 Å². The Morgan fingerprint density at radius 3 is 2.47 bits per heavy atom. The Bertz CT molecular complexity index is 904. The van der Waals surface area contributed by atoms with Gasteiger partial charge in [-0.15, -0.1) is 0 Å². The lowest BCUT2D eigenvalue weighted by molar-refractivity contribution is 0.0794. The van der Waals surface area contributed by atoms with Crippen molar-refractivity contribution < 1.29 is 18.3 Å². The summed E-state index contributed by atoms with van der Waals surface area (Å²) in [4.78, 5) is 16.3. The Labute approximate surface area is 192 Å². The maximum absolute atomic E-state index is 15.3. The number of halogens is 1. The van der Waals surface area contributed by atoms with Crippen LogP contribution in [0.3, 0.4) is 0 Å². The standard InChI is InChI=1S/C25H34FN2O3Si/c1-19-16-27(14-15-28(19)24(29)30-17-20-10-7-6-8-11-20)22-13-9-12-21(23(22)26)18-31-32(5)25(2,3)4/h6-13,19H,14-18H2,1-5H3/t19-/m0/s1. The maximum Gasteiger partial charge on any atom is 0.410 e. The van der Waals surface area contributed by atoms with Gasteiger partial charge in [0.25, 0.3) is 0 Å². The lowest BCUT2D eigenvalue weighted by atomic mass is 10.1. The predicted octanol–water partition coefficient (Wildman–Crippen LogP) is 5.61. The summed E-state index contributed by atoms with van der Waals surface area (Å²) in [5.41, 5.74) is 2.10. The molecule has 1 aliphatic heterocycles. The summed E-state index contributed by atoms with van der Waals surface area (Å²) in [6.45, 7) is 12.7. The average Bonchev–Trinajstić information content (AvgIpc) is 2.76. The van der Waals surface area contributed by atoms with Gasteiger partial charge >= 0.3 is 6.09 Å². The van der Waals surface area contributed by atoms with Crippen molar-refractivity contribution in [1.29, 1.82) is 0 Å². The molecule has 0 aliphatic carbocycles. The lowest BCUT2D eigenvalue weighted by Gasteiger charge is -2.40. The zero-order valence-electron chi connectivity index (χ0n) is 19.7. The summed E-state index contributed by atoms with van der Waals surface area (Å²) in [6, 6.07) is 15.0. The van der Waals surface area contributed by atoms with Gasteiger partial charge in [-0.1, -0.05) is 63.2 Å². The van der Waals surface area contributed by atoms with E-state index < -0.39 is 9.04 Å². The Morgan fingerprint density at radius 2 is 1.81 bits per heavy atom. The van der Waals surface area contributed by atoms with Gasteiger partial charge in [-0.2, -0.15) is 0 Å². The van der Waals surface area contributed by atoms with Crippen molar-refractivity contribution >= 4 is 20.8 Å². The van der Waals surface area contributed by atoms with Crippen molar-refractivity contribution in [1.82, 2.24) is 4.90 Å². The molecule has 1 aliphatic rings. The van der Waals surface area contributed by atoms with E-state index in [9.17, 15) is 4.79 Å². The number of amides is 1. The van der Waals surface area contributed by atoms with Crippen LogP contribution in [0.4, 0.5) is 14.9 Å². The second-order valence-electron chi connectivity index (χ2n) is 9.37. The van der Waals surface area contributed by atoms with Crippen LogP contribution in [0.15, 0.2) is 48.5 Å². The summed E-state index contributed by atoms with van der Waals surface area (Å²) in [5.74, 6) is -0.233. The first-order valence-corrected chi connectivity index (χ1v) is 13.0. The highest BCUT2D eigenvalue weighted by molar-refractivity contribution is 6.53. The minimum Gasteiger partial charge on any atom is -0.445 e. The van der Waals surface area contributed by atoms with Crippen molar-refractivity contribution in [2.24, 2.45) is 0 Å². The van der Waals surface area contributed by atoms with E-state index in [4.69, 9.17) is 9.16 Å². The van der Waals surface area contributed by atoms with Crippen LogP contribution in [0, 0.1) is 5.82 Å². The van der Waals surface area contributed by atoms with Gasteiger partial charge in [0.15, 0.2) is 5.82 Å². The van der Waals surface area contributed by atoms with Gasteiger partial charge in [0.05, 0.1) is 12.3 Å². The summed E-state index contributed by atoms with van der Waals surface area (Å²) < 4.78 is 26.8. The highest BCUT2D eigenvalue weighted by atomic mass is 28.3. The molecular formula is C25H34FN2O3Si. The van der Waals surface area contributed by atoms with Crippen LogP contribution >= 0.6 is 0 Å². The van der Waals surface area contributed by atoms with Crippen LogP contribution in [0.25, 0.3) is 0 Å². The monoisotopic (exact) mass is 457 g/mol. The number of carbonyl (C=O) groups excluding carboxylic acids is 1. The van der Waals surface area contributed by atoms with E-state index in [1.807, 2.05) is 48.2 Å². The normalized spacial score (nSPS) is 17.0. The number of hydrogen-bond acceptors (Lipinski definition) is 4. The molecule has 0 N–H and O–H groups in total. The lowest BCUT2D eigenvalue weighted by Crippen LogP contribution is -2.54. The molecule has 0 spiro atoms. The van der Waals surface area contributed by atoms with Crippen molar-refractivity contribution in [3.05, 3.63) is 65.5 Å². The van der Waals surface area contributed by atoms with Crippen molar-refractivity contribution in [2.45, 2.75) is 58.5 Å². The quantitative estimate of drug-likeness (QED) is 0.529. The highest BCUT2D eigenvalue weighted by Gasteiger charge is 2.30. The third-order valence-corrected chi connectivity index (χ3v) is 8.66. The molecule has 1 fully saturated rings. The Kier molecular flexibility index (Phi) is 7.95. The van der Waals surface area contributed by atoms with E-state index in [0.29, 0.717) is 30.9 Å². The largest absolute Gasteiger partial charge is 0.445 e. The second-order valence-corrected chi connectivity index (χ2v) is 12.3. The Hall–Kier alpha value is -2.38. The number of benzene rings is 2. The molecule has 5 nitrogen and oxygen atoms in total. The molecule has 0 bridgehead atoms. The molecule has 1 saturated heterocycles. The first-order chi connectivity index (χ1) is 15.2. The van der Waals surface area contributed by atoms with Crippen molar-refractivity contribution in [2.75, 3.05) is 24.5 Å². The summed E-state index contributed by atoms with van der Waals surface area (Å²) >= 11 is 0. The van der Waals surface area contributed by atoms with Crippen LogP contribution < -0.4 is 4.90 Å². The van der Waals surface area contributed by atoms with E-state index in [2.05, 4.69) is 27.3 Å². The van der Waals surface area contributed by atoms with Gasteiger partial charge in [0.1, 0.15) is 6.61 Å². The van der Waals surface area contributed by atoms with E-state index in [1.54, 1.807) is 17.0 Å². The van der Waals surface area contributed by atoms with Crippen molar-refractivity contribution in [3.63, 3.8) is 0 Å². The van der Waals surface area contributed by atoms with Gasteiger partial charge in [-0.05, 0) is 30.1 Å². The van der Waals surface area contributed by atoms with E-state index in [1.165, 1.54) is 0 Å². The zero-order valence-corrected chi connectivity index (χ0v) is 20.7. The maximum atomic E-state index is 15.3. The second kappa shape index (κ2) is 10.5. The number of piperazine rings is 1. The van der Waals surface area contributed by atoms with Crippen LogP contribution in [0.5, 0.6) is 0 Å². The molecular weight excluding hydrogens is 423 g/mol. The molecule has 7 heteroatoms. The molecule has 1 amide bonds. The Balaban J connectivity index is 1.59. The zero-order chi connectivity index (χ0) is 23.3. The smallest absolute Gasteiger partial charge is 0.410 e. The molecule has 1 atom stereocenters. The number of anilines is 1. The number of ether oxygens (including phenoxy) is 1. The van der Waals surface area contributed by atoms with Gasteiger partial charge in [-0.25, -0.2) is 9.18 Å². The van der Waals surface area contributed by atoms with Crippen LogP contribution in [0.1, 0.15) is 38.8 Å². The Morgan fingerprint density at radius 1 is 1.09 bits per heavy atom. The fraction of sp³-hybridized carbons (Fsp3) is 0.480. The van der Waals surface area contributed by atoms with Gasteiger partial charge in [0, 0.05) is 31.2 Å². The summed E-state index contributed by atoms with van der Waals surface area (Å²) in [5, 5.41) is 0.0969. The number of nitrogens with zero attached hydrogens (tertiary/aromatic N) is 2. The minimum atomic E-state index is -1.05. The molecule has 1 radical (unpaired) electrons. The summed E-state index contributed by atoms with van der Waals surface area (Å²) in [6.07, 6.45) is -0.330. The number of hydrogen-bond donors (Lipinski definition) is 0. The number of rotatable bonds is 6. The fourth-order valence-electron chi connectivity index (χ4n) is 3.57. The van der Waals surface area contributed by atoms with Crippen molar-refractivity contribution in [3.8, 4) is 0 Å². The van der Waals surface area contributed by atoms with Crippen LogP contribution in [0.2, 0.25) is 11.6 Å². The molecule has 2 aromatic rings. The molecule has 2 aromatic carbocycles. The third-order valence-electron chi connectivity index (χ3n) is 5.97. The topological polar surface area (TPSA) is 42.0 Å². The first-order valence-electron chi connectivity index (χ1n) is 11.1. The molecule has 0 saturated carbocycles. The van der Waals surface area contributed by atoms with Crippen LogP contribution in [-0.4, -0.2) is 45.7 Å². The molecule has 0 aromatic heterocycles. The van der Waals surface area contributed by atoms with Gasteiger partial charge < -0.3 is 19.0 Å². The summed E-state index contributed by atoms with van der Waals surface area (Å²) in [7, 11) is -1.05. The molecule has 173 valence electrons. The minimum absolute atomic E-state index is 0.0855. The van der Waals surface area contributed by atoms with Gasteiger partial charge in [0.2, 0.25) is 9.04 Å².